The molecule has 2 N–H and O–H groups in total. The maximum absolute atomic E-state index is 12.3. The van der Waals surface area contributed by atoms with Crippen molar-refractivity contribution in [3.05, 3.63) is 35.5 Å². The molecule has 0 aliphatic carbocycles. The molecule has 0 unspecified atom stereocenters. The van der Waals surface area contributed by atoms with Crippen LogP contribution in [0.25, 0.3) is 0 Å². The molecule has 1 aromatic carbocycles. The smallest absolute Gasteiger partial charge is 0.286 e. The fraction of sp³-hybridized carbons (Fsp3) is 0.100. The predicted octanol–water partition coefficient (Wildman–Crippen LogP) is 1.36. The van der Waals surface area contributed by atoms with Crippen LogP contribution in [0, 0.1) is 0 Å². The summed E-state index contributed by atoms with van der Waals surface area (Å²) in [7, 11) is -2.49. The van der Waals surface area contributed by atoms with Gasteiger partial charge in [-0.25, -0.2) is 0 Å². The molecule has 1 heterocycles. The first-order chi connectivity index (χ1) is 8.45. The number of halogens is 1. The Morgan fingerprint density at radius 1 is 1.39 bits per heavy atom. The minimum atomic E-state index is -3.87. The number of aromatic nitrogens is 2. The standard InChI is InChI=1S/C10H10ClN3O3S/c1-17-8-3-2-7(11)6-9(8)18(15,16)14-5-4-10(12)13-14/h2-6H,1H3,(H2,12,13). The molecule has 0 aliphatic heterocycles. The van der Waals surface area contributed by atoms with Crippen LogP contribution in [0.15, 0.2) is 35.4 Å². The lowest BCUT2D eigenvalue weighted by molar-refractivity contribution is 0.402. The van der Waals surface area contributed by atoms with Crippen LogP contribution in [-0.2, 0) is 10.0 Å². The van der Waals surface area contributed by atoms with E-state index in [0.29, 0.717) is 0 Å². The molecule has 1 aromatic heterocycles. The zero-order valence-corrected chi connectivity index (χ0v) is 10.9. The van der Waals surface area contributed by atoms with E-state index in [4.69, 9.17) is 22.1 Å². The maximum atomic E-state index is 12.3. The van der Waals surface area contributed by atoms with Gasteiger partial charge < -0.3 is 10.5 Å². The largest absolute Gasteiger partial charge is 0.495 e. The summed E-state index contributed by atoms with van der Waals surface area (Å²) in [5.74, 6) is 0.299. The van der Waals surface area contributed by atoms with Crippen LogP contribution in [0.3, 0.4) is 0 Å². The van der Waals surface area contributed by atoms with Crippen molar-refractivity contribution in [2.45, 2.75) is 4.90 Å². The van der Waals surface area contributed by atoms with E-state index in [9.17, 15) is 8.42 Å². The number of hydrogen-bond acceptors (Lipinski definition) is 5. The predicted molar refractivity (Wildman–Crippen MR) is 67.2 cm³/mol. The highest BCUT2D eigenvalue weighted by molar-refractivity contribution is 7.90. The molecule has 0 bridgehead atoms. The number of nitrogen functional groups attached to an aromatic ring is 1. The Balaban J connectivity index is 2.64. The summed E-state index contributed by atoms with van der Waals surface area (Å²) >= 11 is 5.80. The molecule has 2 aromatic rings. The number of hydrogen-bond donors (Lipinski definition) is 1. The van der Waals surface area contributed by atoms with Crippen molar-refractivity contribution in [1.82, 2.24) is 9.19 Å². The highest BCUT2D eigenvalue weighted by atomic mass is 35.5. The first kappa shape index (κ1) is 12.7. The SMILES string of the molecule is COc1ccc(Cl)cc1S(=O)(=O)n1ccc(N)n1. The highest BCUT2D eigenvalue weighted by Crippen LogP contribution is 2.28. The second-order valence-electron chi connectivity index (χ2n) is 3.41. The molecule has 0 spiro atoms. The molecule has 96 valence electrons. The van der Waals surface area contributed by atoms with Gasteiger partial charge in [0, 0.05) is 17.3 Å². The van der Waals surface area contributed by atoms with Crippen LogP contribution < -0.4 is 10.5 Å². The zero-order valence-electron chi connectivity index (χ0n) is 9.37. The molecular weight excluding hydrogens is 278 g/mol. The van der Waals surface area contributed by atoms with E-state index < -0.39 is 10.0 Å². The minimum absolute atomic E-state index is 0.0689. The van der Waals surface area contributed by atoms with E-state index in [2.05, 4.69) is 5.10 Å². The molecule has 0 saturated heterocycles. The van der Waals surface area contributed by atoms with Crippen LogP contribution in [0.1, 0.15) is 0 Å². The molecule has 0 saturated carbocycles. The number of nitrogens with two attached hydrogens (primary N) is 1. The summed E-state index contributed by atoms with van der Waals surface area (Å²) in [6.45, 7) is 0. The topological polar surface area (TPSA) is 87.2 Å². The molecule has 8 heteroatoms. The average Bonchev–Trinajstić information content (AvgIpc) is 2.76. The summed E-state index contributed by atoms with van der Waals surface area (Å²) in [6, 6.07) is 5.70. The van der Waals surface area contributed by atoms with Gasteiger partial charge in [0.15, 0.2) is 0 Å². The second kappa shape index (κ2) is 4.51. The highest BCUT2D eigenvalue weighted by Gasteiger charge is 2.23. The van der Waals surface area contributed by atoms with Gasteiger partial charge in [-0.3, -0.25) is 0 Å². The summed E-state index contributed by atoms with van der Waals surface area (Å²) in [5, 5.41) is 3.96. The van der Waals surface area contributed by atoms with E-state index in [0.717, 1.165) is 4.09 Å². The summed E-state index contributed by atoms with van der Waals surface area (Å²) in [4.78, 5) is -0.0689. The normalized spacial score (nSPS) is 11.4. The maximum Gasteiger partial charge on any atom is 0.286 e. The number of nitrogens with zero attached hydrogens (tertiary/aromatic N) is 2. The van der Waals surface area contributed by atoms with Crippen molar-refractivity contribution < 1.29 is 13.2 Å². The van der Waals surface area contributed by atoms with E-state index in [1.165, 1.54) is 37.6 Å². The lowest BCUT2D eigenvalue weighted by Crippen LogP contribution is -2.15. The van der Waals surface area contributed by atoms with Crippen LogP contribution in [0.4, 0.5) is 5.82 Å². The molecule has 0 atom stereocenters. The monoisotopic (exact) mass is 287 g/mol. The first-order valence-electron chi connectivity index (χ1n) is 4.85. The van der Waals surface area contributed by atoms with Crippen LogP contribution in [-0.4, -0.2) is 24.7 Å². The third-order valence-electron chi connectivity index (χ3n) is 2.24. The Bertz CT molecular complexity index is 681. The van der Waals surface area contributed by atoms with Crippen molar-refractivity contribution in [2.24, 2.45) is 0 Å². The second-order valence-corrected chi connectivity index (χ2v) is 5.61. The molecule has 18 heavy (non-hydrogen) atoms. The van der Waals surface area contributed by atoms with Crippen molar-refractivity contribution >= 4 is 27.4 Å². The Morgan fingerprint density at radius 2 is 2.11 bits per heavy atom. The van der Waals surface area contributed by atoms with Gasteiger partial charge in [-0.15, -0.1) is 5.10 Å². The Morgan fingerprint density at radius 3 is 2.67 bits per heavy atom. The minimum Gasteiger partial charge on any atom is -0.495 e. The van der Waals surface area contributed by atoms with E-state index in [-0.39, 0.29) is 21.5 Å². The number of anilines is 1. The van der Waals surface area contributed by atoms with Gasteiger partial charge in [0.25, 0.3) is 10.0 Å². The lowest BCUT2D eigenvalue weighted by Gasteiger charge is -2.09. The number of ether oxygens (including phenoxy) is 1. The van der Waals surface area contributed by atoms with Gasteiger partial charge in [0.05, 0.1) is 7.11 Å². The summed E-state index contributed by atoms with van der Waals surface area (Å²) in [5.41, 5.74) is 5.40. The molecule has 0 radical (unpaired) electrons. The van der Waals surface area contributed by atoms with Crippen molar-refractivity contribution in [1.29, 1.82) is 0 Å². The Kier molecular flexibility index (Phi) is 3.18. The third kappa shape index (κ3) is 2.14. The van der Waals surface area contributed by atoms with Gasteiger partial charge in [0.2, 0.25) is 0 Å². The Labute approximate surface area is 109 Å². The van der Waals surface area contributed by atoms with Crippen molar-refractivity contribution in [2.75, 3.05) is 12.8 Å². The molecule has 2 rings (SSSR count). The van der Waals surface area contributed by atoms with Crippen LogP contribution in [0.5, 0.6) is 5.75 Å². The van der Waals surface area contributed by atoms with Crippen molar-refractivity contribution in [3.8, 4) is 5.75 Å². The molecule has 0 amide bonds. The number of rotatable bonds is 3. The molecular formula is C10H10ClN3O3S. The van der Waals surface area contributed by atoms with Crippen LogP contribution >= 0.6 is 11.6 Å². The van der Waals surface area contributed by atoms with E-state index >= 15 is 0 Å². The first-order valence-corrected chi connectivity index (χ1v) is 6.67. The number of methoxy groups -OCH3 is 1. The lowest BCUT2D eigenvalue weighted by atomic mass is 10.3. The zero-order chi connectivity index (χ0) is 13.3. The van der Waals surface area contributed by atoms with Gasteiger partial charge in [-0.05, 0) is 18.2 Å². The Hall–Kier alpha value is -1.73. The van der Waals surface area contributed by atoms with Crippen molar-refractivity contribution in [3.63, 3.8) is 0 Å². The quantitative estimate of drug-likeness (QED) is 0.921. The third-order valence-corrected chi connectivity index (χ3v) is 4.04. The van der Waals surface area contributed by atoms with Gasteiger partial charge >= 0.3 is 0 Å². The van der Waals surface area contributed by atoms with E-state index in [1.807, 2.05) is 0 Å². The number of benzene rings is 1. The molecule has 6 nitrogen and oxygen atoms in total. The summed E-state index contributed by atoms with van der Waals surface area (Å²) < 4.78 is 30.3. The fourth-order valence-corrected chi connectivity index (χ4v) is 2.95. The van der Waals surface area contributed by atoms with Crippen LogP contribution in [0.2, 0.25) is 5.02 Å². The van der Waals surface area contributed by atoms with E-state index in [1.54, 1.807) is 0 Å². The molecule has 0 fully saturated rings. The summed E-state index contributed by atoms with van der Waals surface area (Å²) in [6.07, 6.45) is 1.25. The fourth-order valence-electron chi connectivity index (χ4n) is 1.41. The molecule has 0 aliphatic rings. The van der Waals surface area contributed by atoms with Gasteiger partial charge in [-0.1, -0.05) is 11.6 Å². The van der Waals surface area contributed by atoms with Gasteiger partial charge in [-0.2, -0.15) is 12.5 Å². The van der Waals surface area contributed by atoms with Gasteiger partial charge in [0.1, 0.15) is 16.5 Å². The average molecular weight is 288 g/mol.